The van der Waals surface area contributed by atoms with E-state index in [4.69, 9.17) is 11.6 Å². The van der Waals surface area contributed by atoms with Crippen LogP contribution in [0.2, 0.25) is 5.02 Å². The van der Waals surface area contributed by atoms with Crippen LogP contribution in [0.25, 0.3) is 5.57 Å². The maximum Gasteiger partial charge on any atom is 0.156 e. The monoisotopic (exact) mass is 301 g/mol. The lowest BCUT2D eigenvalue weighted by atomic mass is 9.96. The van der Waals surface area contributed by atoms with E-state index in [0.717, 1.165) is 22.4 Å². The van der Waals surface area contributed by atoms with Gasteiger partial charge in [0, 0.05) is 23.3 Å². The van der Waals surface area contributed by atoms with Gasteiger partial charge in [0.05, 0.1) is 0 Å². The summed E-state index contributed by atoms with van der Waals surface area (Å²) in [5.41, 5.74) is 3.57. The molecule has 0 radical (unpaired) electrons. The first-order valence-electron chi connectivity index (χ1n) is 6.74. The van der Waals surface area contributed by atoms with Gasteiger partial charge in [0.25, 0.3) is 0 Å². The van der Waals surface area contributed by atoms with Gasteiger partial charge in [-0.3, -0.25) is 0 Å². The van der Waals surface area contributed by atoms with E-state index in [1.807, 2.05) is 42.5 Å². The van der Waals surface area contributed by atoms with Gasteiger partial charge in [0.2, 0.25) is 0 Å². The molecule has 0 saturated heterocycles. The zero-order chi connectivity index (χ0) is 15.0. The van der Waals surface area contributed by atoms with Crippen molar-refractivity contribution in [1.82, 2.24) is 0 Å². The normalized spacial score (nSPS) is 21.5. The van der Waals surface area contributed by atoms with Crippen molar-refractivity contribution in [2.45, 2.75) is 12.3 Å². The van der Waals surface area contributed by atoms with E-state index < -0.39 is 12.3 Å². The number of rotatable bonds is 1. The lowest BCUT2D eigenvalue weighted by molar-refractivity contribution is 0.0508. The molecule has 3 nitrogen and oxygen atoms in total. The summed E-state index contributed by atoms with van der Waals surface area (Å²) in [4.78, 5) is 1.66. The number of aliphatic hydroxyl groups excluding tert-OH is 2. The van der Waals surface area contributed by atoms with Crippen molar-refractivity contribution < 1.29 is 10.2 Å². The molecule has 0 bridgehead atoms. The summed E-state index contributed by atoms with van der Waals surface area (Å²) in [5.74, 6) is 0. The van der Waals surface area contributed by atoms with Gasteiger partial charge >= 0.3 is 0 Å². The molecular weight excluding hydrogens is 286 g/mol. The van der Waals surface area contributed by atoms with Crippen molar-refractivity contribution in [1.29, 1.82) is 0 Å². The predicted octanol–water partition coefficient (Wildman–Crippen LogP) is 2.90. The Morgan fingerprint density at radius 3 is 2.48 bits per heavy atom. The van der Waals surface area contributed by atoms with Crippen LogP contribution in [0, 0.1) is 0 Å². The molecule has 4 heteroatoms. The molecule has 2 N–H and O–H groups in total. The molecule has 1 aliphatic rings. The molecule has 0 aromatic heterocycles. The average Bonchev–Trinajstić information content (AvgIpc) is 2.59. The van der Waals surface area contributed by atoms with E-state index >= 15 is 0 Å². The Morgan fingerprint density at radius 2 is 1.76 bits per heavy atom. The topological polar surface area (TPSA) is 43.7 Å². The van der Waals surface area contributed by atoms with Crippen LogP contribution in [0.5, 0.6) is 0 Å². The van der Waals surface area contributed by atoms with Gasteiger partial charge in [-0.15, -0.1) is 0 Å². The number of anilines is 1. The summed E-state index contributed by atoms with van der Waals surface area (Å²) in [7, 11) is 1.75. The van der Waals surface area contributed by atoms with Crippen LogP contribution in [0.3, 0.4) is 0 Å². The summed E-state index contributed by atoms with van der Waals surface area (Å²) in [5, 5.41) is 21.0. The van der Waals surface area contributed by atoms with Crippen molar-refractivity contribution >= 4 is 22.9 Å². The fourth-order valence-electron chi connectivity index (χ4n) is 2.62. The molecule has 21 heavy (non-hydrogen) atoms. The molecule has 3 rings (SSSR count). The van der Waals surface area contributed by atoms with E-state index in [1.54, 1.807) is 24.1 Å². The van der Waals surface area contributed by atoms with Crippen molar-refractivity contribution in [3.63, 3.8) is 0 Å². The van der Waals surface area contributed by atoms with E-state index in [1.165, 1.54) is 0 Å². The van der Waals surface area contributed by atoms with Crippen LogP contribution in [0.15, 0.2) is 54.6 Å². The SMILES string of the molecule is CN1c2ccc(Cl)cc2C(c2ccccc2)=CC(O)C1O. The van der Waals surface area contributed by atoms with Gasteiger partial charge in [-0.1, -0.05) is 41.9 Å². The van der Waals surface area contributed by atoms with E-state index in [9.17, 15) is 10.2 Å². The number of fused-ring (bicyclic) bond motifs is 1. The van der Waals surface area contributed by atoms with Crippen molar-refractivity contribution in [2.75, 3.05) is 11.9 Å². The second-order valence-corrected chi connectivity index (χ2v) is 5.56. The second kappa shape index (κ2) is 5.53. The van der Waals surface area contributed by atoms with Crippen molar-refractivity contribution in [2.24, 2.45) is 0 Å². The van der Waals surface area contributed by atoms with E-state index in [-0.39, 0.29) is 0 Å². The number of nitrogens with zero attached hydrogens (tertiary/aromatic N) is 1. The van der Waals surface area contributed by atoms with Crippen LogP contribution in [0.4, 0.5) is 5.69 Å². The first-order valence-corrected chi connectivity index (χ1v) is 7.12. The minimum atomic E-state index is -0.994. The first kappa shape index (κ1) is 14.1. The molecule has 0 spiro atoms. The van der Waals surface area contributed by atoms with Crippen LogP contribution in [0.1, 0.15) is 11.1 Å². The Kier molecular flexibility index (Phi) is 3.72. The van der Waals surface area contributed by atoms with Crippen LogP contribution < -0.4 is 4.90 Å². The number of halogens is 1. The van der Waals surface area contributed by atoms with Gasteiger partial charge in [-0.05, 0) is 35.4 Å². The first-order chi connectivity index (χ1) is 10.1. The molecule has 2 aromatic carbocycles. The number of hydrogen-bond donors (Lipinski definition) is 2. The molecule has 2 unspecified atom stereocenters. The minimum Gasteiger partial charge on any atom is -0.384 e. The number of hydrogen-bond acceptors (Lipinski definition) is 3. The number of benzene rings is 2. The molecule has 0 amide bonds. The maximum atomic E-state index is 10.2. The average molecular weight is 302 g/mol. The molecule has 2 aromatic rings. The van der Waals surface area contributed by atoms with Crippen LogP contribution in [-0.2, 0) is 0 Å². The van der Waals surface area contributed by atoms with Gasteiger partial charge in [0.1, 0.15) is 6.10 Å². The second-order valence-electron chi connectivity index (χ2n) is 5.12. The van der Waals surface area contributed by atoms with Gasteiger partial charge in [0.15, 0.2) is 6.23 Å². The van der Waals surface area contributed by atoms with Crippen LogP contribution in [-0.4, -0.2) is 29.6 Å². The molecule has 0 aliphatic carbocycles. The quantitative estimate of drug-likeness (QED) is 0.851. The summed E-state index contributed by atoms with van der Waals surface area (Å²) < 4.78 is 0. The van der Waals surface area contributed by atoms with Gasteiger partial charge in [-0.2, -0.15) is 0 Å². The Hall–Kier alpha value is -1.81. The minimum absolute atomic E-state index is 0.620. The highest BCUT2D eigenvalue weighted by Crippen LogP contribution is 2.37. The Labute approximate surface area is 128 Å². The van der Waals surface area contributed by atoms with E-state index in [2.05, 4.69) is 0 Å². The van der Waals surface area contributed by atoms with Crippen molar-refractivity contribution in [3.05, 3.63) is 70.8 Å². The van der Waals surface area contributed by atoms with Gasteiger partial charge in [-0.25, -0.2) is 0 Å². The molecule has 0 fully saturated rings. The molecule has 108 valence electrons. The predicted molar refractivity (Wildman–Crippen MR) is 85.4 cm³/mol. The molecule has 1 aliphatic heterocycles. The van der Waals surface area contributed by atoms with Crippen molar-refractivity contribution in [3.8, 4) is 0 Å². The van der Waals surface area contributed by atoms with Gasteiger partial charge < -0.3 is 15.1 Å². The molecule has 2 atom stereocenters. The lowest BCUT2D eigenvalue weighted by Gasteiger charge is -2.27. The number of likely N-dealkylation sites (N-methyl/N-ethyl adjacent to an activating group) is 1. The summed E-state index contributed by atoms with van der Waals surface area (Å²) in [6.07, 6.45) is -0.291. The lowest BCUT2D eigenvalue weighted by Crippen LogP contribution is -2.39. The van der Waals surface area contributed by atoms with E-state index in [0.29, 0.717) is 5.02 Å². The fraction of sp³-hybridized carbons (Fsp3) is 0.176. The Morgan fingerprint density at radius 1 is 1.05 bits per heavy atom. The highest BCUT2D eigenvalue weighted by molar-refractivity contribution is 6.31. The fourth-order valence-corrected chi connectivity index (χ4v) is 2.79. The molecule has 0 saturated carbocycles. The number of aliphatic hydroxyl groups is 2. The Balaban J connectivity index is 2.25. The molecular formula is C17H16ClNO2. The standard InChI is InChI=1S/C17H16ClNO2/c1-19-15-8-7-12(18)9-14(15)13(10-16(20)17(19)21)11-5-3-2-4-6-11/h2-10,16-17,20-21H,1H3. The smallest absolute Gasteiger partial charge is 0.156 e. The summed E-state index contributed by atoms with van der Waals surface area (Å²) in [6, 6.07) is 15.3. The third-order valence-electron chi connectivity index (χ3n) is 3.75. The summed E-state index contributed by atoms with van der Waals surface area (Å²) >= 11 is 6.13. The largest absolute Gasteiger partial charge is 0.384 e. The zero-order valence-corrected chi connectivity index (χ0v) is 12.3. The third-order valence-corrected chi connectivity index (χ3v) is 3.99. The maximum absolute atomic E-state index is 10.2. The summed E-state index contributed by atoms with van der Waals surface area (Å²) in [6.45, 7) is 0. The highest BCUT2D eigenvalue weighted by atomic mass is 35.5. The third kappa shape index (κ3) is 2.56. The van der Waals surface area contributed by atoms with Crippen LogP contribution >= 0.6 is 11.6 Å². The Bertz CT molecular complexity index is 684. The molecule has 1 heterocycles. The highest BCUT2D eigenvalue weighted by Gasteiger charge is 2.27. The zero-order valence-electron chi connectivity index (χ0n) is 11.6.